The van der Waals surface area contributed by atoms with Gasteiger partial charge in [-0.15, -0.1) is 0 Å². The third-order valence-electron chi connectivity index (χ3n) is 2.28. The number of fused-ring (bicyclic) bond motifs is 1. The van der Waals surface area contributed by atoms with E-state index in [0.717, 1.165) is 18.4 Å². The molecule has 0 saturated carbocycles. The van der Waals surface area contributed by atoms with Gasteiger partial charge in [-0.25, -0.2) is 0 Å². The number of phenols is 1. The Bertz CT molecular complexity index is 309. The number of aliphatic hydroxyl groups is 1. The van der Waals surface area contributed by atoms with Gasteiger partial charge < -0.3 is 14.9 Å². The molecule has 1 aromatic carbocycles. The molecule has 3 heteroatoms. The van der Waals surface area contributed by atoms with Crippen LogP contribution in [0.4, 0.5) is 0 Å². The van der Waals surface area contributed by atoms with Crippen LogP contribution in [0.15, 0.2) is 18.2 Å². The zero-order valence-corrected chi connectivity index (χ0v) is 7.23. The van der Waals surface area contributed by atoms with Crippen molar-refractivity contribution in [3.63, 3.8) is 0 Å². The van der Waals surface area contributed by atoms with Gasteiger partial charge in [-0.2, -0.15) is 0 Å². The Kier molecular flexibility index (Phi) is 2.10. The lowest BCUT2D eigenvalue weighted by atomic mass is 10.0. The molecule has 0 aliphatic carbocycles. The second kappa shape index (κ2) is 3.26. The Morgan fingerprint density at radius 1 is 1.46 bits per heavy atom. The average Bonchev–Trinajstić information content (AvgIpc) is 2.16. The zero-order chi connectivity index (χ0) is 9.26. The SMILES string of the molecule is OC[C@H]1CCc2ccc(O)cc2O1. The second-order valence-electron chi connectivity index (χ2n) is 3.25. The molecule has 2 rings (SSSR count). The Hall–Kier alpha value is -1.22. The fraction of sp³-hybridized carbons (Fsp3) is 0.400. The Labute approximate surface area is 76.6 Å². The maximum absolute atomic E-state index is 9.20. The summed E-state index contributed by atoms with van der Waals surface area (Å²) in [5.41, 5.74) is 1.10. The minimum atomic E-state index is -0.116. The summed E-state index contributed by atoms with van der Waals surface area (Å²) in [4.78, 5) is 0. The number of hydrogen-bond acceptors (Lipinski definition) is 3. The summed E-state index contributed by atoms with van der Waals surface area (Å²) in [6.07, 6.45) is 1.63. The smallest absolute Gasteiger partial charge is 0.126 e. The lowest BCUT2D eigenvalue weighted by Gasteiger charge is -2.24. The molecule has 0 radical (unpaired) electrons. The monoisotopic (exact) mass is 180 g/mol. The zero-order valence-electron chi connectivity index (χ0n) is 7.23. The predicted octanol–water partition coefficient (Wildman–Crippen LogP) is 1.08. The summed E-state index contributed by atoms with van der Waals surface area (Å²) in [6, 6.07) is 5.11. The number of hydrogen-bond donors (Lipinski definition) is 2. The first-order chi connectivity index (χ1) is 6.29. The van der Waals surface area contributed by atoms with Gasteiger partial charge in [0.25, 0.3) is 0 Å². The Balaban J connectivity index is 2.27. The van der Waals surface area contributed by atoms with Crippen LogP contribution in [0.5, 0.6) is 11.5 Å². The van der Waals surface area contributed by atoms with Gasteiger partial charge in [0.05, 0.1) is 6.61 Å². The number of ether oxygens (including phenoxy) is 1. The van der Waals surface area contributed by atoms with Crippen LogP contribution in [0.1, 0.15) is 12.0 Å². The van der Waals surface area contributed by atoms with Gasteiger partial charge >= 0.3 is 0 Å². The van der Waals surface area contributed by atoms with Crippen molar-refractivity contribution >= 4 is 0 Å². The van der Waals surface area contributed by atoms with Gasteiger partial charge in [-0.1, -0.05) is 6.07 Å². The summed E-state index contributed by atoms with van der Waals surface area (Å²) < 4.78 is 5.45. The summed E-state index contributed by atoms with van der Waals surface area (Å²) in [6.45, 7) is 0.0368. The van der Waals surface area contributed by atoms with Gasteiger partial charge in [0.2, 0.25) is 0 Å². The molecule has 70 valence electrons. The standard InChI is InChI=1S/C10H12O3/c11-6-9-4-2-7-1-3-8(12)5-10(7)13-9/h1,3,5,9,11-12H,2,4,6H2/t9-/m1/s1. The molecular weight excluding hydrogens is 168 g/mol. The summed E-state index contributed by atoms with van der Waals surface area (Å²) in [5.74, 6) is 0.905. The number of benzene rings is 1. The van der Waals surface area contributed by atoms with Crippen molar-refractivity contribution in [2.75, 3.05) is 6.61 Å². The van der Waals surface area contributed by atoms with Crippen LogP contribution < -0.4 is 4.74 Å². The van der Waals surface area contributed by atoms with Gasteiger partial charge in [0.1, 0.15) is 17.6 Å². The van der Waals surface area contributed by atoms with Crippen molar-refractivity contribution in [2.45, 2.75) is 18.9 Å². The molecule has 1 heterocycles. The molecule has 1 atom stereocenters. The second-order valence-corrected chi connectivity index (χ2v) is 3.25. The first kappa shape index (κ1) is 8.38. The molecular formula is C10H12O3. The van der Waals surface area contributed by atoms with Crippen molar-refractivity contribution in [3.05, 3.63) is 23.8 Å². The van der Waals surface area contributed by atoms with E-state index in [0.29, 0.717) is 5.75 Å². The van der Waals surface area contributed by atoms with E-state index in [9.17, 15) is 5.11 Å². The largest absolute Gasteiger partial charge is 0.508 e. The van der Waals surface area contributed by atoms with Crippen LogP contribution in [0.25, 0.3) is 0 Å². The number of aliphatic hydroxyl groups excluding tert-OH is 1. The number of phenolic OH excluding ortho intramolecular Hbond substituents is 1. The highest BCUT2D eigenvalue weighted by molar-refractivity contribution is 5.41. The minimum absolute atomic E-state index is 0.0368. The molecule has 2 N–H and O–H groups in total. The summed E-state index contributed by atoms with van der Waals surface area (Å²) in [7, 11) is 0. The van der Waals surface area contributed by atoms with Crippen molar-refractivity contribution in [3.8, 4) is 11.5 Å². The molecule has 0 amide bonds. The maximum atomic E-state index is 9.20. The van der Waals surface area contributed by atoms with Crippen LogP contribution in [0, 0.1) is 0 Å². The number of aryl methyl sites for hydroxylation is 1. The highest BCUT2D eigenvalue weighted by atomic mass is 16.5. The van der Waals surface area contributed by atoms with E-state index >= 15 is 0 Å². The fourth-order valence-corrected chi connectivity index (χ4v) is 1.54. The van der Waals surface area contributed by atoms with E-state index in [1.807, 2.05) is 6.07 Å². The van der Waals surface area contributed by atoms with E-state index in [-0.39, 0.29) is 18.5 Å². The topological polar surface area (TPSA) is 49.7 Å². The predicted molar refractivity (Wildman–Crippen MR) is 47.9 cm³/mol. The van der Waals surface area contributed by atoms with Crippen LogP contribution in [-0.2, 0) is 6.42 Å². The first-order valence-corrected chi connectivity index (χ1v) is 4.39. The molecule has 0 bridgehead atoms. The lowest BCUT2D eigenvalue weighted by molar-refractivity contribution is 0.0975. The highest BCUT2D eigenvalue weighted by Crippen LogP contribution is 2.30. The third kappa shape index (κ3) is 1.60. The van der Waals surface area contributed by atoms with Crippen molar-refractivity contribution in [1.29, 1.82) is 0 Å². The van der Waals surface area contributed by atoms with E-state index < -0.39 is 0 Å². The van der Waals surface area contributed by atoms with Crippen molar-refractivity contribution in [1.82, 2.24) is 0 Å². The van der Waals surface area contributed by atoms with Crippen LogP contribution in [0.2, 0.25) is 0 Å². The van der Waals surface area contributed by atoms with Gasteiger partial charge in [0.15, 0.2) is 0 Å². The average molecular weight is 180 g/mol. The van der Waals surface area contributed by atoms with Crippen LogP contribution >= 0.6 is 0 Å². The fourth-order valence-electron chi connectivity index (χ4n) is 1.54. The van der Waals surface area contributed by atoms with Crippen LogP contribution in [-0.4, -0.2) is 22.9 Å². The summed E-state index contributed by atoms with van der Waals surface area (Å²) in [5, 5.41) is 18.1. The normalized spacial score (nSPS) is 20.5. The lowest BCUT2D eigenvalue weighted by Crippen LogP contribution is -2.25. The van der Waals surface area contributed by atoms with Gasteiger partial charge in [-0.3, -0.25) is 0 Å². The third-order valence-corrected chi connectivity index (χ3v) is 2.28. The molecule has 0 aromatic heterocycles. The van der Waals surface area contributed by atoms with Crippen molar-refractivity contribution in [2.24, 2.45) is 0 Å². The summed E-state index contributed by atoms with van der Waals surface area (Å²) >= 11 is 0. The highest BCUT2D eigenvalue weighted by Gasteiger charge is 2.18. The van der Waals surface area contributed by atoms with Crippen molar-refractivity contribution < 1.29 is 14.9 Å². The van der Waals surface area contributed by atoms with E-state index in [1.165, 1.54) is 0 Å². The molecule has 0 spiro atoms. The molecule has 1 aliphatic rings. The molecule has 0 saturated heterocycles. The Morgan fingerprint density at radius 3 is 3.08 bits per heavy atom. The number of rotatable bonds is 1. The van der Waals surface area contributed by atoms with Crippen LogP contribution in [0.3, 0.4) is 0 Å². The minimum Gasteiger partial charge on any atom is -0.508 e. The van der Waals surface area contributed by atoms with E-state index in [4.69, 9.17) is 9.84 Å². The number of aromatic hydroxyl groups is 1. The van der Waals surface area contributed by atoms with E-state index in [1.54, 1.807) is 12.1 Å². The molecule has 3 nitrogen and oxygen atoms in total. The molecule has 13 heavy (non-hydrogen) atoms. The molecule has 0 unspecified atom stereocenters. The Morgan fingerprint density at radius 2 is 2.31 bits per heavy atom. The molecule has 1 aromatic rings. The van der Waals surface area contributed by atoms with Gasteiger partial charge in [-0.05, 0) is 24.5 Å². The van der Waals surface area contributed by atoms with E-state index in [2.05, 4.69) is 0 Å². The molecule has 1 aliphatic heterocycles. The van der Waals surface area contributed by atoms with Gasteiger partial charge in [0, 0.05) is 6.07 Å². The first-order valence-electron chi connectivity index (χ1n) is 4.39. The maximum Gasteiger partial charge on any atom is 0.126 e. The quantitative estimate of drug-likeness (QED) is 0.679. The molecule has 0 fully saturated rings.